The van der Waals surface area contributed by atoms with Gasteiger partial charge in [-0.25, -0.2) is 0 Å². The van der Waals surface area contributed by atoms with Gasteiger partial charge in [-0.3, -0.25) is 9.78 Å². The first kappa shape index (κ1) is 13.9. The van der Waals surface area contributed by atoms with Crippen LogP contribution in [0.1, 0.15) is 32.6 Å². The van der Waals surface area contributed by atoms with Crippen LogP contribution in [-0.4, -0.2) is 17.4 Å². The van der Waals surface area contributed by atoms with Gasteiger partial charge in [0, 0.05) is 23.7 Å². The molecular weight excluding hydrogens is 284 g/mol. The molecule has 0 atom stereocenters. The molecule has 4 rings (SSSR count). The second kappa shape index (κ2) is 5.51. The molecule has 1 aliphatic rings. The van der Waals surface area contributed by atoms with E-state index in [1.165, 1.54) is 16.7 Å². The fourth-order valence-corrected chi connectivity index (χ4v) is 3.28. The van der Waals surface area contributed by atoms with Crippen LogP contribution < -0.4 is 5.32 Å². The molecule has 0 spiro atoms. The summed E-state index contributed by atoms with van der Waals surface area (Å²) in [4.78, 5) is 16.4. The summed E-state index contributed by atoms with van der Waals surface area (Å²) in [6, 6.07) is 14.6. The number of carbonyl (C=O) groups is 1. The first-order valence-electron chi connectivity index (χ1n) is 7.95. The zero-order chi connectivity index (χ0) is 15.8. The second-order valence-corrected chi connectivity index (χ2v) is 6.15. The van der Waals surface area contributed by atoms with Crippen molar-refractivity contribution in [1.29, 1.82) is 0 Å². The Morgan fingerprint density at radius 3 is 3.00 bits per heavy atom. The maximum Gasteiger partial charge on any atom is 0.251 e. The van der Waals surface area contributed by atoms with E-state index in [4.69, 9.17) is 0 Å². The Morgan fingerprint density at radius 2 is 2.09 bits per heavy atom. The Balaban J connectivity index is 1.72. The van der Waals surface area contributed by atoms with E-state index in [1.54, 1.807) is 0 Å². The van der Waals surface area contributed by atoms with Crippen molar-refractivity contribution < 1.29 is 4.79 Å². The standard InChI is InChI=1S/C20H18N2O/c1-13-9-15-6-8-22-20(23)18(15)12-17(13)11-14-4-5-19-16(10-14)3-2-7-21-19/h2-5,7,9-10,12H,6,8,11H2,1H3,(H,22,23). The molecule has 1 aromatic heterocycles. The third-order valence-corrected chi connectivity index (χ3v) is 4.55. The normalized spacial score (nSPS) is 13.7. The number of amides is 1. The molecule has 114 valence electrons. The van der Waals surface area contributed by atoms with E-state index in [0.29, 0.717) is 0 Å². The largest absolute Gasteiger partial charge is 0.352 e. The highest BCUT2D eigenvalue weighted by molar-refractivity contribution is 5.97. The molecule has 0 saturated carbocycles. The van der Waals surface area contributed by atoms with Gasteiger partial charge in [-0.15, -0.1) is 0 Å². The number of hydrogen-bond acceptors (Lipinski definition) is 2. The molecule has 2 heterocycles. The third-order valence-electron chi connectivity index (χ3n) is 4.55. The van der Waals surface area contributed by atoms with Crippen molar-refractivity contribution in [2.75, 3.05) is 6.54 Å². The SMILES string of the molecule is Cc1cc2c(cc1Cc1ccc3ncccc3c1)C(=O)NCC2. The maximum atomic E-state index is 12.1. The predicted octanol–water partition coefficient (Wildman–Crippen LogP) is 3.42. The Kier molecular flexibility index (Phi) is 3.34. The van der Waals surface area contributed by atoms with Crippen LogP contribution in [0.3, 0.4) is 0 Å². The van der Waals surface area contributed by atoms with E-state index < -0.39 is 0 Å². The lowest BCUT2D eigenvalue weighted by atomic mass is 9.91. The van der Waals surface area contributed by atoms with Crippen LogP contribution in [0.4, 0.5) is 0 Å². The van der Waals surface area contributed by atoms with E-state index in [9.17, 15) is 4.79 Å². The summed E-state index contributed by atoms with van der Waals surface area (Å²) in [6.45, 7) is 2.87. The van der Waals surface area contributed by atoms with Crippen LogP contribution >= 0.6 is 0 Å². The summed E-state index contributed by atoms with van der Waals surface area (Å²) in [7, 11) is 0. The molecule has 2 aromatic carbocycles. The van der Waals surface area contributed by atoms with Gasteiger partial charge in [0.05, 0.1) is 5.52 Å². The van der Waals surface area contributed by atoms with Gasteiger partial charge in [0.2, 0.25) is 0 Å². The van der Waals surface area contributed by atoms with Crippen LogP contribution in [0.2, 0.25) is 0 Å². The fraction of sp³-hybridized carbons (Fsp3) is 0.200. The number of carbonyl (C=O) groups excluding carboxylic acids is 1. The summed E-state index contributed by atoms with van der Waals surface area (Å²) in [5, 5.41) is 4.08. The quantitative estimate of drug-likeness (QED) is 0.788. The molecule has 3 nitrogen and oxygen atoms in total. The lowest BCUT2D eigenvalue weighted by Crippen LogP contribution is -2.32. The predicted molar refractivity (Wildman–Crippen MR) is 91.8 cm³/mol. The number of fused-ring (bicyclic) bond motifs is 2. The first-order valence-corrected chi connectivity index (χ1v) is 7.95. The zero-order valence-corrected chi connectivity index (χ0v) is 13.1. The van der Waals surface area contributed by atoms with Gasteiger partial charge in [-0.2, -0.15) is 0 Å². The number of hydrogen-bond donors (Lipinski definition) is 1. The number of benzene rings is 2. The molecule has 1 aliphatic heterocycles. The van der Waals surface area contributed by atoms with E-state index in [0.717, 1.165) is 41.4 Å². The lowest BCUT2D eigenvalue weighted by Gasteiger charge is -2.19. The minimum Gasteiger partial charge on any atom is -0.352 e. The molecule has 0 fully saturated rings. The number of aromatic nitrogens is 1. The lowest BCUT2D eigenvalue weighted by molar-refractivity contribution is 0.0946. The van der Waals surface area contributed by atoms with Gasteiger partial charge in [-0.05, 0) is 66.3 Å². The average molecular weight is 302 g/mol. The summed E-state index contributed by atoms with van der Waals surface area (Å²) in [6.07, 6.45) is 3.56. The maximum absolute atomic E-state index is 12.1. The summed E-state index contributed by atoms with van der Waals surface area (Å²) in [5.41, 5.74) is 6.72. The first-order chi connectivity index (χ1) is 11.2. The van der Waals surface area contributed by atoms with Crippen molar-refractivity contribution >= 4 is 16.8 Å². The van der Waals surface area contributed by atoms with Gasteiger partial charge in [0.25, 0.3) is 5.91 Å². The highest BCUT2D eigenvalue weighted by Gasteiger charge is 2.18. The molecular formula is C20H18N2O. The molecule has 0 bridgehead atoms. The molecule has 23 heavy (non-hydrogen) atoms. The van der Waals surface area contributed by atoms with Crippen LogP contribution in [0.25, 0.3) is 10.9 Å². The van der Waals surface area contributed by atoms with Crippen molar-refractivity contribution in [1.82, 2.24) is 10.3 Å². The smallest absolute Gasteiger partial charge is 0.251 e. The number of nitrogens with one attached hydrogen (secondary N) is 1. The van der Waals surface area contributed by atoms with E-state index in [1.807, 2.05) is 12.3 Å². The molecule has 0 aliphatic carbocycles. The van der Waals surface area contributed by atoms with Crippen molar-refractivity contribution in [3.05, 3.63) is 76.5 Å². The van der Waals surface area contributed by atoms with E-state index >= 15 is 0 Å². The van der Waals surface area contributed by atoms with Gasteiger partial charge in [-0.1, -0.05) is 18.2 Å². The number of rotatable bonds is 2. The number of nitrogens with zero attached hydrogens (tertiary/aromatic N) is 1. The minimum absolute atomic E-state index is 0.0511. The monoisotopic (exact) mass is 302 g/mol. The van der Waals surface area contributed by atoms with Crippen molar-refractivity contribution in [2.45, 2.75) is 19.8 Å². The summed E-state index contributed by atoms with van der Waals surface area (Å²) in [5.74, 6) is 0.0511. The highest BCUT2D eigenvalue weighted by Crippen LogP contribution is 2.23. The summed E-state index contributed by atoms with van der Waals surface area (Å²) < 4.78 is 0. The Bertz CT molecular complexity index is 915. The van der Waals surface area contributed by atoms with E-state index in [-0.39, 0.29) is 5.91 Å². The summed E-state index contributed by atoms with van der Waals surface area (Å²) >= 11 is 0. The molecule has 0 unspecified atom stereocenters. The van der Waals surface area contributed by atoms with Crippen molar-refractivity contribution in [2.24, 2.45) is 0 Å². The molecule has 3 aromatic rings. The zero-order valence-electron chi connectivity index (χ0n) is 13.1. The topological polar surface area (TPSA) is 42.0 Å². The molecule has 3 heteroatoms. The van der Waals surface area contributed by atoms with Crippen LogP contribution in [0.15, 0.2) is 48.7 Å². The highest BCUT2D eigenvalue weighted by atomic mass is 16.1. The van der Waals surface area contributed by atoms with Crippen LogP contribution in [0, 0.1) is 6.92 Å². The second-order valence-electron chi connectivity index (χ2n) is 6.15. The number of pyridine rings is 1. The average Bonchev–Trinajstić information content (AvgIpc) is 2.56. The van der Waals surface area contributed by atoms with Gasteiger partial charge < -0.3 is 5.32 Å². The molecule has 1 N–H and O–H groups in total. The van der Waals surface area contributed by atoms with Gasteiger partial charge in [0.15, 0.2) is 0 Å². The Hall–Kier alpha value is -2.68. The third kappa shape index (κ3) is 2.59. The van der Waals surface area contributed by atoms with E-state index in [2.05, 4.69) is 53.6 Å². The van der Waals surface area contributed by atoms with Gasteiger partial charge >= 0.3 is 0 Å². The molecule has 0 radical (unpaired) electrons. The van der Waals surface area contributed by atoms with Crippen molar-refractivity contribution in [3.8, 4) is 0 Å². The Labute approximate surface area is 135 Å². The number of aryl methyl sites for hydroxylation is 1. The molecule has 1 amide bonds. The molecule has 0 saturated heterocycles. The van der Waals surface area contributed by atoms with Crippen LogP contribution in [0.5, 0.6) is 0 Å². The Morgan fingerprint density at radius 1 is 1.17 bits per heavy atom. The van der Waals surface area contributed by atoms with Crippen molar-refractivity contribution in [3.63, 3.8) is 0 Å². The van der Waals surface area contributed by atoms with Crippen LogP contribution in [-0.2, 0) is 12.8 Å². The van der Waals surface area contributed by atoms with Gasteiger partial charge in [0.1, 0.15) is 0 Å². The fourth-order valence-electron chi connectivity index (χ4n) is 3.28. The minimum atomic E-state index is 0.0511.